The minimum Gasteiger partial charge on any atom is -0.401 e. The average molecular weight is 400 g/mol. The lowest BCUT2D eigenvalue weighted by Crippen LogP contribution is -2.19. The van der Waals surface area contributed by atoms with Crippen molar-refractivity contribution in [2.75, 3.05) is 0 Å². The van der Waals surface area contributed by atoms with Crippen molar-refractivity contribution in [1.82, 2.24) is 5.32 Å². The molecule has 1 saturated heterocycles. The van der Waals surface area contributed by atoms with E-state index in [0.29, 0.717) is 21.3 Å². The number of amides is 1. The summed E-state index contributed by atoms with van der Waals surface area (Å²) in [4.78, 5) is 36.9. The molecule has 0 atom stereocenters. The van der Waals surface area contributed by atoms with E-state index in [1.165, 1.54) is 48.6 Å². The highest BCUT2D eigenvalue weighted by atomic mass is 32.2. The molecule has 0 bridgehead atoms. The first-order valence-electron chi connectivity index (χ1n) is 7.79. The zero-order valence-electron chi connectivity index (χ0n) is 14.3. The van der Waals surface area contributed by atoms with Crippen LogP contribution in [0.3, 0.4) is 0 Å². The van der Waals surface area contributed by atoms with Crippen molar-refractivity contribution in [3.05, 3.63) is 78.9 Å². The van der Waals surface area contributed by atoms with Crippen LogP contribution in [0.1, 0.15) is 11.3 Å². The Labute approximate surface area is 161 Å². The van der Waals surface area contributed by atoms with E-state index in [-0.39, 0.29) is 23.2 Å². The Kier molecular flexibility index (Phi) is 5.36. The third kappa shape index (κ3) is 4.32. The van der Waals surface area contributed by atoms with E-state index in [4.69, 9.17) is 4.42 Å². The summed E-state index contributed by atoms with van der Waals surface area (Å²) >= 11 is 1.10. The Hall–Kier alpha value is -3.73. The van der Waals surface area contributed by atoms with Gasteiger partial charge in [0.25, 0.3) is 11.6 Å². The maximum atomic E-state index is 12.0. The van der Waals surface area contributed by atoms with E-state index in [9.17, 15) is 25.0 Å². The lowest BCUT2D eigenvalue weighted by atomic mass is 10.2. The second-order valence-corrected chi connectivity index (χ2v) is 6.55. The summed E-state index contributed by atoms with van der Waals surface area (Å²) in [6.45, 7) is 1.69. The van der Waals surface area contributed by atoms with Gasteiger partial charge in [0.2, 0.25) is 0 Å². The lowest BCUT2D eigenvalue weighted by molar-refractivity contribution is -0.402. The smallest absolute Gasteiger partial charge is 0.401 e. The van der Waals surface area contributed by atoms with E-state index in [1.54, 1.807) is 6.92 Å². The molecule has 11 heteroatoms. The van der Waals surface area contributed by atoms with Crippen LogP contribution in [0, 0.1) is 27.2 Å². The number of carbonyl (C=O) groups is 1. The van der Waals surface area contributed by atoms with Gasteiger partial charge >= 0.3 is 5.88 Å². The van der Waals surface area contributed by atoms with E-state index in [1.807, 2.05) is 0 Å². The number of aliphatic imine (C=N–C) groups is 1. The third-order valence-corrected chi connectivity index (χ3v) is 4.49. The molecule has 2 aromatic rings. The molecule has 1 amide bonds. The molecular formula is C17H12N4O6S. The number of nitro groups is 2. The number of furan rings is 1. The van der Waals surface area contributed by atoms with Gasteiger partial charge < -0.3 is 9.73 Å². The van der Waals surface area contributed by atoms with Gasteiger partial charge in [0.15, 0.2) is 5.17 Å². The van der Waals surface area contributed by atoms with Gasteiger partial charge in [0, 0.05) is 12.1 Å². The number of thioether (sulfide) groups is 1. The molecule has 28 heavy (non-hydrogen) atoms. The van der Waals surface area contributed by atoms with Crippen molar-refractivity contribution in [3.8, 4) is 0 Å². The first-order chi connectivity index (χ1) is 13.3. The summed E-state index contributed by atoms with van der Waals surface area (Å²) in [5.41, 5.74) is 1.08. The number of rotatable bonds is 5. The molecular weight excluding hydrogens is 388 g/mol. The summed E-state index contributed by atoms with van der Waals surface area (Å²) in [6.07, 6.45) is 4.55. The molecule has 0 spiro atoms. The Morgan fingerprint density at radius 3 is 2.61 bits per heavy atom. The summed E-state index contributed by atoms with van der Waals surface area (Å²) < 4.78 is 4.98. The molecule has 2 heterocycles. The normalized spacial score (nSPS) is 16.8. The van der Waals surface area contributed by atoms with Crippen molar-refractivity contribution in [3.63, 3.8) is 0 Å². The molecule has 1 aromatic heterocycles. The maximum absolute atomic E-state index is 12.0. The summed E-state index contributed by atoms with van der Waals surface area (Å²) in [5, 5.41) is 24.3. The highest BCUT2D eigenvalue weighted by Gasteiger charge is 2.23. The standard InChI is InChI=1S/C17H12N4O6S/c1-10-9-11(20(23)24)5-7-13(10)18-17-19-16(22)14(28-17)4-2-3-12-6-8-15(27-12)21(25)26/h2-9H,1H3,(H,18,19,22)/b3-2+,14-4-. The Bertz CT molecular complexity index is 1070. The molecule has 1 N–H and O–H groups in total. The number of hydrogen-bond donors (Lipinski definition) is 1. The summed E-state index contributed by atoms with van der Waals surface area (Å²) in [7, 11) is 0. The van der Waals surface area contributed by atoms with Crippen LogP contribution in [0.2, 0.25) is 0 Å². The molecule has 1 fully saturated rings. The van der Waals surface area contributed by atoms with Gasteiger partial charge in [-0.05, 0) is 48.5 Å². The number of nitro benzene ring substituents is 1. The van der Waals surface area contributed by atoms with Gasteiger partial charge in [0.05, 0.1) is 21.6 Å². The maximum Gasteiger partial charge on any atom is 0.433 e. The number of aryl methyl sites for hydroxylation is 1. The Morgan fingerprint density at radius 1 is 1.18 bits per heavy atom. The minimum atomic E-state index is -0.640. The molecule has 10 nitrogen and oxygen atoms in total. The summed E-state index contributed by atoms with van der Waals surface area (Å²) in [6, 6.07) is 6.94. The molecule has 0 radical (unpaired) electrons. The molecule has 142 valence electrons. The first kappa shape index (κ1) is 19.0. The fourth-order valence-corrected chi connectivity index (χ4v) is 3.03. The Balaban J connectivity index is 1.73. The SMILES string of the molecule is Cc1cc([N+](=O)[O-])ccc1N=C1NC(=O)/C(=C/C=C/c2ccc([N+](=O)[O-])o2)S1. The van der Waals surface area contributed by atoms with Gasteiger partial charge in [-0.25, -0.2) is 4.99 Å². The molecule has 0 saturated carbocycles. The quantitative estimate of drug-likeness (QED) is 0.456. The average Bonchev–Trinajstić information content (AvgIpc) is 3.24. The molecule has 1 aliphatic rings. The van der Waals surface area contributed by atoms with Crippen LogP contribution >= 0.6 is 11.8 Å². The number of carbonyl (C=O) groups excluding carboxylic acids is 1. The fraction of sp³-hybridized carbons (Fsp3) is 0.0588. The van der Waals surface area contributed by atoms with E-state index in [0.717, 1.165) is 11.8 Å². The molecule has 1 aliphatic heterocycles. The fourth-order valence-electron chi connectivity index (χ4n) is 2.24. The topological polar surface area (TPSA) is 141 Å². The van der Waals surface area contributed by atoms with Gasteiger partial charge in [-0.3, -0.25) is 25.0 Å². The van der Waals surface area contributed by atoms with Crippen LogP contribution in [0.5, 0.6) is 0 Å². The van der Waals surface area contributed by atoms with Crippen LogP contribution in [-0.4, -0.2) is 20.9 Å². The first-order valence-corrected chi connectivity index (χ1v) is 8.60. The van der Waals surface area contributed by atoms with Gasteiger partial charge in [-0.1, -0.05) is 6.08 Å². The molecule has 1 aromatic carbocycles. The van der Waals surface area contributed by atoms with E-state index < -0.39 is 9.85 Å². The molecule has 0 unspecified atom stereocenters. The number of hydrogen-bond acceptors (Lipinski definition) is 8. The van der Waals surface area contributed by atoms with Crippen molar-refractivity contribution in [2.24, 2.45) is 4.99 Å². The number of benzene rings is 1. The van der Waals surface area contributed by atoms with E-state index >= 15 is 0 Å². The molecule has 0 aliphatic carbocycles. The van der Waals surface area contributed by atoms with Gasteiger partial charge in [-0.15, -0.1) is 0 Å². The van der Waals surface area contributed by atoms with Crippen LogP contribution in [0.15, 0.2) is 56.8 Å². The minimum absolute atomic E-state index is 0.0338. The second-order valence-electron chi connectivity index (χ2n) is 5.52. The van der Waals surface area contributed by atoms with Crippen molar-refractivity contribution in [1.29, 1.82) is 0 Å². The van der Waals surface area contributed by atoms with E-state index in [2.05, 4.69) is 10.3 Å². The van der Waals surface area contributed by atoms with Crippen molar-refractivity contribution < 1.29 is 19.1 Å². The number of allylic oxidation sites excluding steroid dienone is 2. The van der Waals surface area contributed by atoms with Crippen LogP contribution in [0.4, 0.5) is 17.3 Å². The van der Waals surface area contributed by atoms with Gasteiger partial charge in [0.1, 0.15) is 10.7 Å². The molecule has 3 rings (SSSR count). The summed E-state index contributed by atoms with van der Waals surface area (Å²) in [5.74, 6) is -0.436. The third-order valence-electron chi connectivity index (χ3n) is 3.56. The van der Waals surface area contributed by atoms with Crippen LogP contribution < -0.4 is 5.32 Å². The lowest BCUT2D eigenvalue weighted by Gasteiger charge is -2.01. The number of nitrogens with zero attached hydrogens (tertiary/aromatic N) is 3. The zero-order valence-corrected chi connectivity index (χ0v) is 15.1. The Morgan fingerprint density at radius 2 is 1.96 bits per heavy atom. The van der Waals surface area contributed by atoms with Gasteiger partial charge in [-0.2, -0.15) is 0 Å². The van der Waals surface area contributed by atoms with Crippen molar-refractivity contribution in [2.45, 2.75) is 6.92 Å². The predicted octanol–water partition coefficient (Wildman–Crippen LogP) is 3.85. The number of nitrogens with one attached hydrogen (secondary N) is 1. The van der Waals surface area contributed by atoms with Crippen LogP contribution in [-0.2, 0) is 4.79 Å². The zero-order chi connectivity index (χ0) is 20.3. The van der Waals surface area contributed by atoms with Crippen LogP contribution in [0.25, 0.3) is 6.08 Å². The number of amidine groups is 1. The second kappa shape index (κ2) is 7.88. The monoisotopic (exact) mass is 400 g/mol. The predicted molar refractivity (Wildman–Crippen MR) is 103 cm³/mol. The highest BCUT2D eigenvalue weighted by Crippen LogP contribution is 2.29. The highest BCUT2D eigenvalue weighted by molar-refractivity contribution is 8.18. The largest absolute Gasteiger partial charge is 0.433 e. The number of non-ortho nitro benzene ring substituents is 1. The van der Waals surface area contributed by atoms with Crippen molar-refractivity contribution >= 4 is 46.2 Å².